The quantitative estimate of drug-likeness (QED) is 0.139. The number of carboxylic acids is 1. The van der Waals surface area contributed by atoms with Crippen LogP contribution in [0.25, 0.3) is 43.7 Å². The minimum atomic E-state index is -1.02. The highest BCUT2D eigenvalue weighted by atomic mass is 32.1. The van der Waals surface area contributed by atoms with Crippen molar-refractivity contribution in [1.82, 2.24) is 39.7 Å². The summed E-state index contributed by atoms with van der Waals surface area (Å²) >= 11 is 1.50. The SMILES string of the molecule is O=C(Nc1ccccc1-c1nc2cccnc2s1)c1cc(CN2CCCC2)nc(-c2ccccc2)n1.O=C(O)c1cc(CN2CCCC2)nc(-c2ccccc2)n1. The molecule has 2 saturated heterocycles. The first-order valence-corrected chi connectivity index (χ1v) is 19.9. The number of carbonyl (C=O) groups excluding carboxylic acids is 1. The third-order valence-corrected chi connectivity index (χ3v) is 10.8. The van der Waals surface area contributed by atoms with E-state index in [0.717, 1.165) is 69.6 Å². The van der Waals surface area contributed by atoms with Crippen LogP contribution in [0.4, 0.5) is 5.69 Å². The lowest BCUT2D eigenvalue weighted by Gasteiger charge is -2.15. The molecule has 6 heterocycles. The number of hydrogen-bond acceptors (Lipinski definition) is 11. The van der Waals surface area contributed by atoms with Crippen LogP contribution in [0.15, 0.2) is 115 Å². The molecule has 13 heteroatoms. The lowest BCUT2D eigenvalue weighted by Crippen LogP contribution is -2.21. The number of anilines is 1. The molecule has 2 N–H and O–H groups in total. The number of carboxylic acid groups (broad SMARTS) is 1. The van der Waals surface area contributed by atoms with Crippen LogP contribution >= 0.6 is 11.3 Å². The Morgan fingerprint density at radius 2 is 1.18 bits per heavy atom. The Morgan fingerprint density at radius 3 is 1.75 bits per heavy atom. The second-order valence-corrected chi connectivity index (χ2v) is 15.0. The van der Waals surface area contributed by atoms with Crippen molar-refractivity contribution in [2.75, 3.05) is 31.5 Å². The molecule has 0 saturated carbocycles. The maximum Gasteiger partial charge on any atom is 0.354 e. The van der Waals surface area contributed by atoms with E-state index in [-0.39, 0.29) is 11.6 Å². The number of benzene rings is 3. The molecular weight excluding hydrogens is 735 g/mol. The van der Waals surface area contributed by atoms with Gasteiger partial charge in [0.2, 0.25) is 0 Å². The predicted molar refractivity (Wildman–Crippen MR) is 222 cm³/mol. The summed E-state index contributed by atoms with van der Waals surface area (Å²) in [6.07, 6.45) is 6.55. The van der Waals surface area contributed by atoms with Crippen LogP contribution in [0.2, 0.25) is 0 Å². The Hall–Kier alpha value is -6.28. The van der Waals surface area contributed by atoms with Crippen molar-refractivity contribution in [2.24, 2.45) is 0 Å². The van der Waals surface area contributed by atoms with E-state index >= 15 is 0 Å². The van der Waals surface area contributed by atoms with Crippen LogP contribution in [0.1, 0.15) is 58.0 Å². The summed E-state index contributed by atoms with van der Waals surface area (Å²) in [6, 6.07) is 34.2. The van der Waals surface area contributed by atoms with Crippen molar-refractivity contribution < 1.29 is 14.7 Å². The zero-order chi connectivity index (χ0) is 39.0. The fourth-order valence-electron chi connectivity index (χ4n) is 7.01. The average molecular weight is 776 g/mol. The first-order chi connectivity index (χ1) is 27.9. The summed E-state index contributed by atoms with van der Waals surface area (Å²) in [5.74, 6) is -0.256. The Kier molecular flexibility index (Phi) is 11.7. The molecule has 57 heavy (non-hydrogen) atoms. The molecule has 0 radical (unpaired) electrons. The van der Waals surface area contributed by atoms with E-state index in [1.807, 2.05) is 103 Å². The predicted octanol–water partition coefficient (Wildman–Crippen LogP) is 8.10. The Bertz CT molecular complexity index is 2450. The number of thiazole rings is 1. The molecule has 2 fully saturated rings. The van der Waals surface area contributed by atoms with Gasteiger partial charge in [-0.25, -0.2) is 34.7 Å². The molecule has 7 aromatic rings. The van der Waals surface area contributed by atoms with Crippen molar-refractivity contribution >= 4 is 39.2 Å². The first kappa shape index (κ1) is 37.6. The number of amides is 1. The number of nitrogens with one attached hydrogen (secondary N) is 1. The van der Waals surface area contributed by atoms with Crippen LogP contribution < -0.4 is 5.32 Å². The van der Waals surface area contributed by atoms with Gasteiger partial charge in [-0.15, -0.1) is 0 Å². The second kappa shape index (κ2) is 17.7. The summed E-state index contributed by atoms with van der Waals surface area (Å²) in [7, 11) is 0. The third kappa shape index (κ3) is 9.41. The standard InChI is InChI=1S/C28H24N6OS.C16H17N3O2/c35-26(32-22-12-5-4-11-21(22)27-33-23-13-8-14-29-28(23)36-27)24-17-20(18-34-15-6-7-16-34)30-25(31-24)19-9-2-1-3-10-19;20-16(21)14-10-13(11-19-8-4-5-9-19)17-15(18-14)12-6-2-1-3-7-12/h1-5,8-14,17H,6-7,15-16,18H2,(H,32,35);1-3,6-7,10H,4-5,8-9,11H2,(H,20,21). The smallest absolute Gasteiger partial charge is 0.354 e. The van der Waals surface area contributed by atoms with Crippen molar-refractivity contribution in [3.8, 4) is 33.3 Å². The van der Waals surface area contributed by atoms with Gasteiger partial charge >= 0.3 is 5.97 Å². The van der Waals surface area contributed by atoms with E-state index in [4.69, 9.17) is 9.97 Å². The molecular formula is C44H41N9O3S. The van der Waals surface area contributed by atoms with Crippen LogP contribution in [-0.4, -0.2) is 82.9 Å². The van der Waals surface area contributed by atoms with Crippen molar-refractivity contribution in [3.05, 3.63) is 138 Å². The van der Waals surface area contributed by atoms with Crippen LogP contribution in [0.3, 0.4) is 0 Å². The van der Waals surface area contributed by atoms with Crippen molar-refractivity contribution in [2.45, 2.75) is 38.8 Å². The molecule has 0 bridgehead atoms. The molecule has 1 amide bonds. The molecule has 2 aliphatic rings. The van der Waals surface area contributed by atoms with Gasteiger partial charge in [0.1, 0.15) is 21.0 Å². The number of nitrogens with zero attached hydrogens (tertiary/aromatic N) is 8. The molecule has 0 spiro atoms. The number of pyridine rings is 1. The Labute approximate surface area is 334 Å². The summed E-state index contributed by atoms with van der Waals surface area (Å²) in [6.45, 7) is 5.59. The minimum Gasteiger partial charge on any atom is -0.477 e. The number of rotatable bonds is 10. The highest BCUT2D eigenvalue weighted by molar-refractivity contribution is 7.21. The number of aromatic carboxylic acids is 1. The number of likely N-dealkylation sites (tertiary alicyclic amines) is 2. The van der Waals surface area contributed by atoms with E-state index in [0.29, 0.717) is 36.1 Å². The van der Waals surface area contributed by atoms with Crippen LogP contribution in [-0.2, 0) is 13.1 Å². The summed E-state index contributed by atoms with van der Waals surface area (Å²) in [4.78, 5) is 57.6. The van der Waals surface area contributed by atoms with Gasteiger partial charge in [-0.1, -0.05) is 84.1 Å². The van der Waals surface area contributed by atoms with Crippen molar-refractivity contribution in [3.63, 3.8) is 0 Å². The minimum absolute atomic E-state index is 0.0537. The molecule has 0 aliphatic carbocycles. The van der Waals surface area contributed by atoms with Gasteiger partial charge in [0, 0.05) is 36.0 Å². The van der Waals surface area contributed by atoms with E-state index < -0.39 is 5.97 Å². The number of fused-ring (bicyclic) bond motifs is 1. The Morgan fingerprint density at radius 1 is 0.632 bits per heavy atom. The molecule has 0 unspecified atom stereocenters. The maximum atomic E-state index is 13.5. The van der Waals surface area contributed by atoms with Crippen LogP contribution in [0.5, 0.6) is 0 Å². The fraction of sp³-hybridized carbons (Fsp3) is 0.227. The van der Waals surface area contributed by atoms with Gasteiger partial charge in [-0.2, -0.15) is 0 Å². The van der Waals surface area contributed by atoms with Gasteiger partial charge < -0.3 is 10.4 Å². The van der Waals surface area contributed by atoms with Gasteiger partial charge in [0.15, 0.2) is 17.3 Å². The number of aromatic nitrogens is 6. The largest absolute Gasteiger partial charge is 0.477 e. The van der Waals surface area contributed by atoms with Gasteiger partial charge in [0.05, 0.1) is 17.1 Å². The van der Waals surface area contributed by atoms with Crippen molar-refractivity contribution in [1.29, 1.82) is 0 Å². The van der Waals surface area contributed by atoms with Gasteiger partial charge in [-0.05, 0) is 88.3 Å². The molecule has 12 nitrogen and oxygen atoms in total. The average Bonchev–Trinajstić information content (AvgIpc) is 4.05. The lowest BCUT2D eigenvalue weighted by atomic mass is 10.1. The zero-order valence-corrected chi connectivity index (χ0v) is 32.1. The van der Waals surface area contributed by atoms with E-state index in [1.165, 1.54) is 37.0 Å². The molecule has 4 aromatic heterocycles. The van der Waals surface area contributed by atoms with E-state index in [1.54, 1.807) is 12.3 Å². The molecule has 9 rings (SSSR count). The van der Waals surface area contributed by atoms with Gasteiger partial charge in [0.25, 0.3) is 5.91 Å². The van der Waals surface area contributed by atoms with E-state index in [9.17, 15) is 14.7 Å². The summed E-state index contributed by atoms with van der Waals surface area (Å²) in [5.41, 5.74) is 6.11. The Balaban J connectivity index is 0.000000184. The topological polar surface area (TPSA) is 150 Å². The molecule has 2 aliphatic heterocycles. The highest BCUT2D eigenvalue weighted by Gasteiger charge is 2.20. The fourth-order valence-corrected chi connectivity index (χ4v) is 7.95. The number of hydrogen-bond donors (Lipinski definition) is 2. The molecule has 3 aromatic carbocycles. The summed E-state index contributed by atoms with van der Waals surface area (Å²) in [5, 5.41) is 13.1. The monoisotopic (exact) mass is 775 g/mol. The number of para-hydroxylation sites is 1. The van der Waals surface area contributed by atoms with E-state index in [2.05, 4.69) is 35.1 Å². The maximum absolute atomic E-state index is 13.5. The molecule has 286 valence electrons. The first-order valence-electron chi connectivity index (χ1n) is 19.1. The molecule has 0 atom stereocenters. The third-order valence-electron chi connectivity index (χ3n) is 9.81. The normalized spacial score (nSPS) is 14.3. The van der Waals surface area contributed by atoms with Gasteiger partial charge in [-0.3, -0.25) is 14.6 Å². The lowest BCUT2D eigenvalue weighted by molar-refractivity contribution is 0.0689. The number of carbonyl (C=O) groups is 2. The summed E-state index contributed by atoms with van der Waals surface area (Å²) < 4.78 is 0. The zero-order valence-electron chi connectivity index (χ0n) is 31.3. The van der Waals surface area contributed by atoms with Crippen LogP contribution in [0, 0.1) is 0 Å². The second-order valence-electron chi connectivity index (χ2n) is 14.0. The highest BCUT2D eigenvalue weighted by Crippen LogP contribution is 2.34.